The quantitative estimate of drug-likeness (QED) is 0.917. The molecule has 128 valence electrons. The molecule has 1 aliphatic rings. The lowest BCUT2D eigenvalue weighted by Gasteiger charge is -2.21. The number of hydrogen-bond acceptors (Lipinski definition) is 3. The van der Waals surface area contributed by atoms with Gasteiger partial charge in [-0.3, -0.25) is 4.79 Å². The molecule has 23 heavy (non-hydrogen) atoms. The van der Waals surface area contributed by atoms with Crippen LogP contribution in [0.15, 0.2) is 23.1 Å². The summed E-state index contributed by atoms with van der Waals surface area (Å²) >= 11 is 0. The Hall–Kier alpha value is -1.40. The number of rotatable bonds is 4. The monoisotopic (exact) mass is 338 g/mol. The molecule has 0 aromatic heterocycles. The van der Waals surface area contributed by atoms with Crippen LogP contribution in [0.5, 0.6) is 0 Å². The van der Waals surface area contributed by atoms with Crippen LogP contribution in [-0.2, 0) is 14.8 Å². The maximum atomic E-state index is 12.9. The van der Waals surface area contributed by atoms with E-state index >= 15 is 0 Å². The van der Waals surface area contributed by atoms with E-state index in [0.29, 0.717) is 29.2 Å². The standard InChI is InChI=1S/C17H26N2O3S/c1-13(2)17(20)18-15-9-8-14(3)16(12-15)23(21,22)19-10-6-4-5-7-11-19/h8-9,12-13H,4-7,10-11H2,1-3H3,(H,18,20). The molecular formula is C17H26N2O3S. The molecule has 1 N–H and O–H groups in total. The van der Waals surface area contributed by atoms with Gasteiger partial charge in [0.2, 0.25) is 15.9 Å². The molecule has 0 bridgehead atoms. The number of hydrogen-bond donors (Lipinski definition) is 1. The summed E-state index contributed by atoms with van der Waals surface area (Å²) < 4.78 is 27.5. The van der Waals surface area contributed by atoms with Crippen molar-refractivity contribution in [3.05, 3.63) is 23.8 Å². The van der Waals surface area contributed by atoms with Crippen molar-refractivity contribution in [2.45, 2.75) is 51.3 Å². The van der Waals surface area contributed by atoms with Crippen LogP contribution in [0.25, 0.3) is 0 Å². The van der Waals surface area contributed by atoms with E-state index in [2.05, 4.69) is 5.32 Å². The highest BCUT2D eigenvalue weighted by Crippen LogP contribution is 2.26. The molecule has 0 unspecified atom stereocenters. The molecule has 0 saturated carbocycles. The van der Waals surface area contributed by atoms with Gasteiger partial charge in [-0.25, -0.2) is 8.42 Å². The lowest BCUT2D eigenvalue weighted by molar-refractivity contribution is -0.118. The molecule has 1 aliphatic heterocycles. The van der Waals surface area contributed by atoms with Gasteiger partial charge in [0.15, 0.2) is 0 Å². The summed E-state index contributed by atoms with van der Waals surface area (Å²) in [5, 5.41) is 2.77. The van der Waals surface area contributed by atoms with Gasteiger partial charge in [-0.05, 0) is 37.5 Å². The van der Waals surface area contributed by atoms with Gasteiger partial charge in [0, 0.05) is 24.7 Å². The number of benzene rings is 1. The number of nitrogens with one attached hydrogen (secondary N) is 1. The van der Waals surface area contributed by atoms with Crippen molar-refractivity contribution >= 4 is 21.6 Å². The minimum atomic E-state index is -3.51. The molecule has 0 spiro atoms. The van der Waals surface area contributed by atoms with Crippen molar-refractivity contribution in [1.29, 1.82) is 0 Å². The molecule has 2 rings (SSSR count). The average Bonchev–Trinajstić information content (AvgIpc) is 2.78. The van der Waals surface area contributed by atoms with E-state index in [0.717, 1.165) is 25.7 Å². The molecule has 0 radical (unpaired) electrons. The Kier molecular flexibility index (Phi) is 5.81. The molecule has 5 nitrogen and oxygen atoms in total. The first-order chi connectivity index (χ1) is 10.8. The molecule has 1 heterocycles. The Labute approximate surface area is 139 Å². The number of carbonyl (C=O) groups is 1. The summed E-state index contributed by atoms with van der Waals surface area (Å²) in [6, 6.07) is 5.08. The Morgan fingerprint density at radius 2 is 1.74 bits per heavy atom. The van der Waals surface area contributed by atoms with E-state index < -0.39 is 10.0 Å². The minimum absolute atomic E-state index is 0.119. The van der Waals surface area contributed by atoms with E-state index in [9.17, 15) is 13.2 Å². The Morgan fingerprint density at radius 3 is 2.30 bits per heavy atom. The molecule has 1 saturated heterocycles. The molecular weight excluding hydrogens is 312 g/mol. The van der Waals surface area contributed by atoms with Crippen molar-refractivity contribution in [3.63, 3.8) is 0 Å². The number of aryl methyl sites for hydroxylation is 1. The van der Waals surface area contributed by atoms with Gasteiger partial charge in [0.05, 0.1) is 4.90 Å². The van der Waals surface area contributed by atoms with E-state index in [1.54, 1.807) is 43.3 Å². The predicted octanol–water partition coefficient (Wildman–Crippen LogP) is 3.15. The van der Waals surface area contributed by atoms with E-state index in [1.807, 2.05) is 0 Å². The zero-order valence-electron chi connectivity index (χ0n) is 14.1. The second-order valence-electron chi connectivity index (χ2n) is 6.44. The lowest BCUT2D eigenvalue weighted by atomic mass is 10.2. The van der Waals surface area contributed by atoms with Crippen LogP contribution in [0, 0.1) is 12.8 Å². The molecule has 0 aliphatic carbocycles. The number of carbonyl (C=O) groups excluding carboxylic acids is 1. The average molecular weight is 338 g/mol. The van der Waals surface area contributed by atoms with Crippen molar-refractivity contribution in [1.82, 2.24) is 4.31 Å². The van der Waals surface area contributed by atoms with Crippen LogP contribution < -0.4 is 5.32 Å². The number of amides is 1. The maximum Gasteiger partial charge on any atom is 0.243 e. The Bertz CT molecular complexity index is 660. The van der Waals surface area contributed by atoms with Gasteiger partial charge in [-0.2, -0.15) is 4.31 Å². The fourth-order valence-corrected chi connectivity index (χ4v) is 4.43. The molecule has 1 aromatic carbocycles. The van der Waals surface area contributed by atoms with Crippen LogP contribution >= 0.6 is 0 Å². The topological polar surface area (TPSA) is 66.5 Å². The van der Waals surface area contributed by atoms with Gasteiger partial charge in [0.1, 0.15) is 0 Å². The second kappa shape index (κ2) is 7.45. The van der Waals surface area contributed by atoms with Crippen LogP contribution in [0.3, 0.4) is 0 Å². The highest BCUT2D eigenvalue weighted by molar-refractivity contribution is 7.89. The summed E-state index contributed by atoms with van der Waals surface area (Å²) in [5.74, 6) is -0.269. The first kappa shape index (κ1) is 17.9. The summed E-state index contributed by atoms with van der Waals surface area (Å²) in [6.07, 6.45) is 3.97. The molecule has 6 heteroatoms. The van der Waals surface area contributed by atoms with E-state index in [1.165, 1.54) is 0 Å². The number of nitrogens with zero attached hydrogens (tertiary/aromatic N) is 1. The highest BCUT2D eigenvalue weighted by Gasteiger charge is 2.27. The van der Waals surface area contributed by atoms with Crippen molar-refractivity contribution in [2.24, 2.45) is 5.92 Å². The summed E-state index contributed by atoms with van der Waals surface area (Å²) in [7, 11) is -3.51. The van der Waals surface area contributed by atoms with Crippen molar-refractivity contribution in [3.8, 4) is 0 Å². The normalized spacial score (nSPS) is 17.0. The zero-order chi connectivity index (χ0) is 17.0. The van der Waals surface area contributed by atoms with E-state index in [-0.39, 0.29) is 11.8 Å². The molecule has 1 amide bonds. The Balaban J connectivity index is 2.31. The van der Waals surface area contributed by atoms with Crippen LogP contribution in [0.2, 0.25) is 0 Å². The highest BCUT2D eigenvalue weighted by atomic mass is 32.2. The minimum Gasteiger partial charge on any atom is -0.326 e. The third-order valence-corrected chi connectivity index (χ3v) is 6.20. The SMILES string of the molecule is Cc1ccc(NC(=O)C(C)C)cc1S(=O)(=O)N1CCCCCC1. The van der Waals surface area contributed by atoms with Crippen molar-refractivity contribution < 1.29 is 13.2 Å². The van der Waals surface area contributed by atoms with Crippen LogP contribution in [-0.4, -0.2) is 31.7 Å². The fourth-order valence-electron chi connectivity index (χ4n) is 2.66. The summed E-state index contributed by atoms with van der Waals surface area (Å²) in [4.78, 5) is 12.1. The number of sulfonamides is 1. The van der Waals surface area contributed by atoms with Gasteiger partial charge >= 0.3 is 0 Å². The van der Waals surface area contributed by atoms with E-state index in [4.69, 9.17) is 0 Å². The lowest BCUT2D eigenvalue weighted by Crippen LogP contribution is -2.32. The largest absolute Gasteiger partial charge is 0.326 e. The Morgan fingerprint density at radius 1 is 1.13 bits per heavy atom. The molecule has 1 fully saturated rings. The van der Waals surface area contributed by atoms with Gasteiger partial charge in [-0.1, -0.05) is 32.8 Å². The fraction of sp³-hybridized carbons (Fsp3) is 0.588. The maximum absolute atomic E-state index is 12.9. The van der Waals surface area contributed by atoms with Crippen LogP contribution in [0.1, 0.15) is 45.1 Å². The summed E-state index contributed by atoms with van der Waals surface area (Å²) in [6.45, 7) is 6.55. The van der Waals surface area contributed by atoms with Crippen LogP contribution in [0.4, 0.5) is 5.69 Å². The molecule has 0 atom stereocenters. The number of anilines is 1. The van der Waals surface area contributed by atoms with Gasteiger partial charge in [-0.15, -0.1) is 0 Å². The smallest absolute Gasteiger partial charge is 0.243 e. The van der Waals surface area contributed by atoms with Gasteiger partial charge < -0.3 is 5.32 Å². The summed E-state index contributed by atoms with van der Waals surface area (Å²) in [5.41, 5.74) is 1.24. The third kappa shape index (κ3) is 4.32. The second-order valence-corrected chi connectivity index (χ2v) is 8.35. The molecule has 1 aromatic rings. The van der Waals surface area contributed by atoms with Gasteiger partial charge in [0.25, 0.3) is 0 Å². The first-order valence-corrected chi connectivity index (χ1v) is 9.68. The first-order valence-electron chi connectivity index (χ1n) is 8.24. The predicted molar refractivity (Wildman–Crippen MR) is 91.9 cm³/mol. The zero-order valence-corrected chi connectivity index (χ0v) is 14.9. The third-order valence-electron chi connectivity index (χ3n) is 4.16. The van der Waals surface area contributed by atoms with Crippen molar-refractivity contribution in [2.75, 3.05) is 18.4 Å².